The summed E-state index contributed by atoms with van der Waals surface area (Å²) in [7, 11) is 0. The van der Waals surface area contributed by atoms with E-state index in [1.54, 1.807) is 0 Å². The fourth-order valence-electron chi connectivity index (χ4n) is 0. The van der Waals surface area contributed by atoms with E-state index < -0.39 is 13.5 Å². The fourth-order valence-corrected chi connectivity index (χ4v) is 0. The van der Waals surface area contributed by atoms with E-state index in [-0.39, 0.29) is 0 Å². The molecular weight excluding hydrogens is 263 g/mol. The molecule has 66 valence electrons. The molecule has 0 rings (SSSR count). The predicted molar refractivity (Wildman–Crippen MR) is 44.4 cm³/mol. The average Bonchev–Trinajstić information content (AvgIpc) is 1.59. The minimum atomic E-state index is -2.36. The molecule has 0 radical (unpaired) electrons. The SMILES string of the molecule is O=C(Cl)Cl.O=[N+]([O-])C(Cl)(Cl)Cl. The van der Waals surface area contributed by atoms with Gasteiger partial charge in [-0.15, -0.1) is 0 Å². The minimum Gasteiger partial charge on any atom is -0.262 e. The molecule has 0 aromatic carbocycles. The van der Waals surface area contributed by atoms with E-state index in [4.69, 9.17) is 39.6 Å². The van der Waals surface area contributed by atoms with Crippen molar-refractivity contribution < 1.29 is 9.72 Å². The number of rotatable bonds is 0. The van der Waals surface area contributed by atoms with E-state index in [0.29, 0.717) is 0 Å². The van der Waals surface area contributed by atoms with Crippen LogP contribution < -0.4 is 0 Å². The molecule has 4 nitrogen and oxygen atoms in total. The Hall–Kier alpha value is 0.520. The average molecular weight is 263 g/mol. The number of hydrogen-bond acceptors (Lipinski definition) is 3. The van der Waals surface area contributed by atoms with Crippen molar-refractivity contribution in [3.63, 3.8) is 0 Å². The molecule has 0 saturated heterocycles. The Labute approximate surface area is 86.4 Å². The van der Waals surface area contributed by atoms with Gasteiger partial charge in [0.25, 0.3) is 0 Å². The molecule has 0 aliphatic rings. The summed E-state index contributed by atoms with van der Waals surface area (Å²) in [5, 5.41) is 9.43. The summed E-state index contributed by atoms with van der Waals surface area (Å²) >= 11 is 22.9. The molecule has 0 atom stereocenters. The zero-order valence-corrected chi connectivity index (χ0v) is 8.34. The van der Waals surface area contributed by atoms with Crippen molar-refractivity contribution in [1.29, 1.82) is 0 Å². The minimum absolute atomic E-state index is 0.889. The van der Waals surface area contributed by atoms with Crippen molar-refractivity contribution in [3.05, 3.63) is 10.1 Å². The zero-order chi connectivity index (χ0) is 9.65. The summed E-state index contributed by atoms with van der Waals surface area (Å²) in [4.78, 5) is 17.4. The van der Waals surface area contributed by atoms with Crippen LogP contribution >= 0.6 is 58.0 Å². The van der Waals surface area contributed by atoms with E-state index >= 15 is 0 Å². The molecule has 0 aromatic rings. The highest BCUT2D eigenvalue weighted by Crippen LogP contribution is 2.25. The maximum absolute atomic E-state index is 9.43. The van der Waals surface area contributed by atoms with Gasteiger partial charge in [-0.25, -0.2) is 0 Å². The molecule has 0 spiro atoms. The highest BCUT2D eigenvalue weighted by atomic mass is 35.6. The third-order valence-corrected chi connectivity index (χ3v) is 0.621. The smallest absolute Gasteiger partial charge is 0.262 e. The number of carbonyl (C=O) groups is 1. The number of carbonyl (C=O) groups excluding carboxylic acids is 1. The van der Waals surface area contributed by atoms with Gasteiger partial charge in [-0.3, -0.25) is 14.9 Å². The molecule has 0 saturated carbocycles. The summed E-state index contributed by atoms with van der Waals surface area (Å²) in [6, 6.07) is 0. The Kier molecular flexibility index (Phi) is 7.78. The van der Waals surface area contributed by atoms with E-state index in [0.717, 1.165) is 0 Å². The van der Waals surface area contributed by atoms with Gasteiger partial charge in [0.1, 0.15) is 0 Å². The predicted octanol–water partition coefficient (Wildman–Crippen LogP) is 3.17. The molecule has 0 amide bonds. The van der Waals surface area contributed by atoms with Gasteiger partial charge < -0.3 is 0 Å². The molecule has 0 aliphatic carbocycles. The van der Waals surface area contributed by atoms with Crippen LogP contribution in [0.2, 0.25) is 0 Å². The molecule has 0 N–H and O–H groups in total. The largest absolute Gasteiger partial charge is 0.449 e. The lowest BCUT2D eigenvalue weighted by atomic mass is 11.4. The molecular formula is C2Cl5NO3. The van der Waals surface area contributed by atoms with Crippen molar-refractivity contribution in [2.45, 2.75) is 3.92 Å². The Balaban J connectivity index is 0. The molecule has 0 fully saturated rings. The van der Waals surface area contributed by atoms with Gasteiger partial charge in [-0.1, -0.05) is 0 Å². The zero-order valence-electron chi connectivity index (χ0n) is 4.56. The first-order valence-corrected chi connectivity index (χ1v) is 3.63. The molecule has 0 aliphatic heterocycles. The topological polar surface area (TPSA) is 60.2 Å². The van der Waals surface area contributed by atoms with Crippen LogP contribution in [-0.2, 0) is 0 Å². The van der Waals surface area contributed by atoms with Gasteiger partial charge in [0.05, 0.1) is 4.92 Å². The van der Waals surface area contributed by atoms with Crippen LogP contribution in [0.25, 0.3) is 0 Å². The summed E-state index contributed by atoms with van der Waals surface area (Å²) in [5.41, 5.74) is 0. The van der Waals surface area contributed by atoms with Crippen molar-refractivity contribution >= 4 is 62.7 Å². The van der Waals surface area contributed by atoms with Crippen molar-refractivity contribution in [1.82, 2.24) is 0 Å². The monoisotopic (exact) mass is 261 g/mol. The van der Waals surface area contributed by atoms with Crippen LogP contribution in [0.15, 0.2) is 0 Å². The second-order valence-corrected chi connectivity index (χ2v) is 4.05. The Morgan fingerprint density at radius 3 is 1.36 bits per heavy atom. The first-order valence-electron chi connectivity index (χ1n) is 1.74. The summed E-state index contributed by atoms with van der Waals surface area (Å²) in [6.07, 6.45) is 0. The summed E-state index contributed by atoms with van der Waals surface area (Å²) < 4.78 is -3.25. The highest BCUT2D eigenvalue weighted by Gasteiger charge is 2.33. The second kappa shape index (κ2) is 6.08. The van der Waals surface area contributed by atoms with Crippen LogP contribution in [0.4, 0.5) is 4.79 Å². The number of nitrogens with zero attached hydrogens (tertiary/aromatic N) is 1. The molecule has 11 heavy (non-hydrogen) atoms. The second-order valence-electron chi connectivity index (χ2n) is 0.951. The lowest BCUT2D eigenvalue weighted by molar-refractivity contribution is -0.491. The van der Waals surface area contributed by atoms with Crippen LogP contribution in [0.1, 0.15) is 0 Å². The van der Waals surface area contributed by atoms with Gasteiger partial charge >= 0.3 is 8.62 Å². The first-order chi connectivity index (χ1) is 4.68. The van der Waals surface area contributed by atoms with Crippen LogP contribution in [-0.4, -0.2) is 13.5 Å². The third-order valence-electron chi connectivity index (χ3n) is 0.207. The van der Waals surface area contributed by atoms with Crippen LogP contribution in [0, 0.1) is 10.1 Å². The number of alkyl halides is 3. The third kappa shape index (κ3) is 18.0. The molecule has 9 heteroatoms. The van der Waals surface area contributed by atoms with E-state index in [9.17, 15) is 10.1 Å². The van der Waals surface area contributed by atoms with E-state index in [2.05, 4.69) is 23.2 Å². The van der Waals surface area contributed by atoms with Crippen LogP contribution in [0.3, 0.4) is 0 Å². The first kappa shape index (κ1) is 14.1. The van der Waals surface area contributed by atoms with E-state index in [1.165, 1.54) is 0 Å². The van der Waals surface area contributed by atoms with Gasteiger partial charge in [0.2, 0.25) is 0 Å². The maximum atomic E-state index is 9.43. The van der Waals surface area contributed by atoms with Crippen molar-refractivity contribution in [2.75, 3.05) is 0 Å². The lowest BCUT2D eigenvalue weighted by Gasteiger charge is -1.96. The van der Waals surface area contributed by atoms with Gasteiger partial charge in [0.15, 0.2) is 0 Å². The lowest BCUT2D eigenvalue weighted by Crippen LogP contribution is -2.15. The quantitative estimate of drug-likeness (QED) is 0.222. The standard InChI is InChI=1S/CCl3NO2.CCl2O/c2-1(3,4)5(6)7;2-1(3)4. The van der Waals surface area contributed by atoms with Gasteiger partial charge in [0, 0.05) is 0 Å². The van der Waals surface area contributed by atoms with Crippen molar-refractivity contribution in [2.24, 2.45) is 0 Å². The maximum Gasteiger partial charge on any atom is 0.449 e. The number of halogens is 5. The van der Waals surface area contributed by atoms with E-state index in [1.807, 2.05) is 0 Å². The normalized spacial score (nSPS) is 9.55. The number of hydrogen-bond donors (Lipinski definition) is 0. The number of nitro groups is 1. The van der Waals surface area contributed by atoms with Crippen LogP contribution in [0.5, 0.6) is 0 Å². The highest BCUT2D eigenvalue weighted by molar-refractivity contribution is 6.93. The molecule has 0 aromatic heterocycles. The van der Waals surface area contributed by atoms with Crippen molar-refractivity contribution in [3.8, 4) is 0 Å². The molecule has 0 heterocycles. The van der Waals surface area contributed by atoms with Gasteiger partial charge in [-0.05, 0) is 58.0 Å². The molecule has 0 bridgehead atoms. The fraction of sp³-hybridized carbons (Fsp3) is 0.500. The Morgan fingerprint density at radius 1 is 1.27 bits per heavy atom. The Bertz CT molecular complexity index is 148. The summed E-state index contributed by atoms with van der Waals surface area (Å²) in [6.45, 7) is 0. The van der Waals surface area contributed by atoms with Gasteiger partial charge in [-0.2, -0.15) is 0 Å². The summed E-state index contributed by atoms with van der Waals surface area (Å²) in [5.74, 6) is 0. The Morgan fingerprint density at radius 2 is 1.36 bits per heavy atom. The molecule has 0 unspecified atom stereocenters.